The zero-order chi connectivity index (χ0) is 15.5. The number of amides is 2. The fourth-order valence-corrected chi connectivity index (χ4v) is 3.13. The number of methoxy groups -OCH3 is 1. The van der Waals surface area contributed by atoms with Gasteiger partial charge in [0.1, 0.15) is 0 Å². The highest BCUT2D eigenvalue weighted by Gasteiger charge is 2.49. The van der Waals surface area contributed by atoms with Gasteiger partial charge in [-0.3, -0.25) is 9.59 Å². The molecule has 0 spiro atoms. The number of fused-ring (bicyclic) bond motifs is 1. The van der Waals surface area contributed by atoms with Crippen molar-refractivity contribution in [3.05, 3.63) is 29.8 Å². The average Bonchev–Trinajstić information content (AvgIpc) is 3.34. The van der Waals surface area contributed by atoms with Crippen molar-refractivity contribution < 1.29 is 14.3 Å². The summed E-state index contributed by atoms with van der Waals surface area (Å²) in [6.45, 7) is 1.75. The number of nitrogens with one attached hydrogen (secondary N) is 1. The van der Waals surface area contributed by atoms with Crippen molar-refractivity contribution in [1.29, 1.82) is 0 Å². The fraction of sp³-hybridized carbons (Fsp3) is 0.529. The van der Waals surface area contributed by atoms with Crippen molar-refractivity contribution in [3.8, 4) is 0 Å². The predicted octanol–water partition coefficient (Wildman–Crippen LogP) is 1.36. The summed E-state index contributed by atoms with van der Waals surface area (Å²) in [7, 11) is 1.60. The van der Waals surface area contributed by atoms with E-state index in [1.54, 1.807) is 7.11 Å². The van der Waals surface area contributed by atoms with Crippen molar-refractivity contribution in [2.75, 3.05) is 31.7 Å². The molecule has 118 valence electrons. The smallest absolute Gasteiger partial charge is 0.230 e. The first kappa shape index (κ1) is 15.0. The molecule has 0 radical (unpaired) electrons. The number of hydrogen-bond acceptors (Lipinski definition) is 3. The van der Waals surface area contributed by atoms with Crippen LogP contribution >= 0.6 is 0 Å². The molecule has 2 unspecified atom stereocenters. The van der Waals surface area contributed by atoms with Gasteiger partial charge in [-0.2, -0.15) is 0 Å². The Hall–Kier alpha value is -1.88. The number of ether oxygens (including phenoxy) is 1. The summed E-state index contributed by atoms with van der Waals surface area (Å²) in [4.78, 5) is 26.5. The summed E-state index contributed by atoms with van der Waals surface area (Å²) in [5, 5.41) is 2.82. The van der Waals surface area contributed by atoms with Gasteiger partial charge < -0.3 is 15.0 Å². The Morgan fingerprint density at radius 2 is 2.14 bits per heavy atom. The van der Waals surface area contributed by atoms with E-state index in [-0.39, 0.29) is 23.7 Å². The molecule has 2 atom stereocenters. The van der Waals surface area contributed by atoms with Crippen molar-refractivity contribution in [2.45, 2.75) is 19.3 Å². The zero-order valence-electron chi connectivity index (χ0n) is 12.9. The topological polar surface area (TPSA) is 58.6 Å². The number of para-hydroxylation sites is 1. The van der Waals surface area contributed by atoms with Gasteiger partial charge >= 0.3 is 0 Å². The molecule has 1 aliphatic carbocycles. The summed E-state index contributed by atoms with van der Waals surface area (Å²) >= 11 is 0. The lowest BCUT2D eigenvalue weighted by Gasteiger charge is -2.29. The van der Waals surface area contributed by atoms with Crippen molar-refractivity contribution in [3.63, 3.8) is 0 Å². The number of aryl methyl sites for hydroxylation is 1. The van der Waals surface area contributed by atoms with Crippen molar-refractivity contribution in [2.24, 2.45) is 11.8 Å². The zero-order valence-corrected chi connectivity index (χ0v) is 12.9. The Labute approximate surface area is 130 Å². The van der Waals surface area contributed by atoms with Gasteiger partial charge in [0.25, 0.3) is 0 Å². The lowest BCUT2D eigenvalue weighted by molar-refractivity contribution is -0.126. The summed E-state index contributed by atoms with van der Waals surface area (Å²) in [6.07, 6.45) is 2.67. The SMILES string of the molecule is COCCNC(=O)C1CC1C(=O)N1CCCc2ccccc21. The Morgan fingerprint density at radius 1 is 1.32 bits per heavy atom. The summed E-state index contributed by atoms with van der Waals surface area (Å²) in [5.74, 6) is -0.258. The van der Waals surface area contributed by atoms with Gasteiger partial charge in [0.05, 0.1) is 18.4 Å². The Kier molecular flexibility index (Phi) is 4.43. The van der Waals surface area contributed by atoms with Gasteiger partial charge in [0, 0.05) is 25.9 Å². The van der Waals surface area contributed by atoms with Crippen LogP contribution in [0.4, 0.5) is 5.69 Å². The van der Waals surface area contributed by atoms with E-state index in [4.69, 9.17) is 4.74 Å². The molecule has 3 rings (SSSR count). The van der Waals surface area contributed by atoms with Gasteiger partial charge in [-0.25, -0.2) is 0 Å². The molecule has 0 saturated heterocycles. The summed E-state index contributed by atoms with van der Waals surface area (Å²) < 4.78 is 4.91. The van der Waals surface area contributed by atoms with Crippen LogP contribution in [0.1, 0.15) is 18.4 Å². The van der Waals surface area contributed by atoms with E-state index in [9.17, 15) is 9.59 Å². The first-order chi connectivity index (χ1) is 10.7. The van der Waals surface area contributed by atoms with E-state index < -0.39 is 0 Å². The third-order valence-electron chi connectivity index (χ3n) is 4.43. The maximum absolute atomic E-state index is 12.7. The van der Waals surface area contributed by atoms with Crippen molar-refractivity contribution in [1.82, 2.24) is 5.32 Å². The maximum Gasteiger partial charge on any atom is 0.230 e. The largest absolute Gasteiger partial charge is 0.383 e. The molecule has 1 aliphatic heterocycles. The molecule has 0 aromatic heterocycles. The predicted molar refractivity (Wildman–Crippen MR) is 83.6 cm³/mol. The molecular weight excluding hydrogens is 280 g/mol. The lowest BCUT2D eigenvalue weighted by atomic mass is 10.0. The highest BCUT2D eigenvalue weighted by Crippen LogP contribution is 2.42. The lowest BCUT2D eigenvalue weighted by Crippen LogP contribution is -2.38. The van der Waals surface area contributed by atoms with E-state index >= 15 is 0 Å². The van der Waals surface area contributed by atoms with Crippen LogP contribution in [0.25, 0.3) is 0 Å². The molecule has 0 bridgehead atoms. The van der Waals surface area contributed by atoms with Gasteiger partial charge in [0.2, 0.25) is 11.8 Å². The Morgan fingerprint density at radius 3 is 2.95 bits per heavy atom. The second-order valence-electron chi connectivity index (χ2n) is 5.95. The molecule has 1 heterocycles. The first-order valence-corrected chi connectivity index (χ1v) is 7.88. The van der Waals surface area contributed by atoms with Crippen LogP contribution in [0.2, 0.25) is 0 Å². The van der Waals surface area contributed by atoms with Gasteiger partial charge in [-0.05, 0) is 30.9 Å². The number of benzene rings is 1. The van der Waals surface area contributed by atoms with Crippen LogP contribution < -0.4 is 10.2 Å². The number of carbonyl (C=O) groups is 2. The third kappa shape index (κ3) is 2.99. The Bertz CT molecular complexity index is 573. The van der Waals surface area contributed by atoms with Crippen LogP contribution in [0.3, 0.4) is 0 Å². The van der Waals surface area contributed by atoms with Gasteiger partial charge in [-0.1, -0.05) is 18.2 Å². The fourth-order valence-electron chi connectivity index (χ4n) is 3.13. The summed E-state index contributed by atoms with van der Waals surface area (Å²) in [5.41, 5.74) is 2.24. The van der Waals surface area contributed by atoms with Crippen LogP contribution in [0.15, 0.2) is 24.3 Å². The quantitative estimate of drug-likeness (QED) is 0.836. The highest BCUT2D eigenvalue weighted by atomic mass is 16.5. The van der Waals surface area contributed by atoms with Gasteiger partial charge in [0.15, 0.2) is 0 Å². The average molecular weight is 302 g/mol. The number of rotatable bonds is 5. The normalized spacial score (nSPS) is 22.9. The molecule has 1 aromatic rings. The molecule has 1 saturated carbocycles. The van der Waals surface area contributed by atoms with E-state index in [1.165, 1.54) is 5.56 Å². The number of anilines is 1. The van der Waals surface area contributed by atoms with Crippen LogP contribution in [-0.2, 0) is 20.7 Å². The minimum absolute atomic E-state index is 0.0271. The Balaban J connectivity index is 1.61. The number of hydrogen-bond donors (Lipinski definition) is 1. The van der Waals surface area contributed by atoms with E-state index in [1.807, 2.05) is 23.1 Å². The van der Waals surface area contributed by atoms with Crippen LogP contribution in [-0.4, -0.2) is 38.6 Å². The van der Waals surface area contributed by atoms with E-state index in [2.05, 4.69) is 11.4 Å². The van der Waals surface area contributed by atoms with Crippen molar-refractivity contribution >= 4 is 17.5 Å². The molecule has 2 aliphatic rings. The molecule has 22 heavy (non-hydrogen) atoms. The standard InChI is InChI=1S/C17H22N2O3/c1-22-10-8-18-16(20)13-11-14(13)17(21)19-9-4-6-12-5-2-3-7-15(12)19/h2-3,5,7,13-14H,4,6,8-11H2,1H3,(H,18,20). The molecule has 1 fully saturated rings. The van der Waals surface area contributed by atoms with Crippen LogP contribution in [0.5, 0.6) is 0 Å². The van der Waals surface area contributed by atoms with E-state index in [0.717, 1.165) is 25.1 Å². The molecule has 1 aromatic carbocycles. The second-order valence-corrected chi connectivity index (χ2v) is 5.95. The third-order valence-corrected chi connectivity index (χ3v) is 4.43. The molecule has 5 nitrogen and oxygen atoms in total. The minimum Gasteiger partial charge on any atom is -0.383 e. The maximum atomic E-state index is 12.7. The molecular formula is C17H22N2O3. The molecule has 5 heteroatoms. The highest BCUT2D eigenvalue weighted by molar-refractivity contribution is 6.01. The van der Waals surface area contributed by atoms with Gasteiger partial charge in [-0.15, -0.1) is 0 Å². The number of nitrogens with zero attached hydrogens (tertiary/aromatic N) is 1. The second kappa shape index (κ2) is 6.48. The monoisotopic (exact) mass is 302 g/mol. The number of carbonyl (C=O) groups excluding carboxylic acids is 2. The van der Waals surface area contributed by atoms with Crippen LogP contribution in [0, 0.1) is 11.8 Å². The summed E-state index contributed by atoms with van der Waals surface area (Å²) in [6, 6.07) is 8.06. The van der Waals surface area contributed by atoms with E-state index in [0.29, 0.717) is 19.6 Å². The molecule has 2 amide bonds. The molecule has 1 N–H and O–H groups in total. The minimum atomic E-state index is -0.168. The first-order valence-electron chi connectivity index (χ1n) is 7.88.